The number of hydrogen-bond acceptors (Lipinski definition) is 3. The SMILES string of the molecule is [C-]#[N+]c1ccc(N2C[C@@H]3[C@H]4C=C[C@H](O4)[C@]3(C)S2(=O)=O)cc1C(F)(F)F. The fraction of sp³-hybridized carbons (Fsp3) is 0.438. The van der Waals surface area contributed by atoms with Gasteiger partial charge in [-0.05, 0) is 19.1 Å². The van der Waals surface area contributed by atoms with Crippen LogP contribution in [0.4, 0.5) is 24.5 Å². The van der Waals surface area contributed by atoms with E-state index in [0.717, 1.165) is 16.4 Å². The summed E-state index contributed by atoms with van der Waals surface area (Å²) >= 11 is 0. The summed E-state index contributed by atoms with van der Waals surface area (Å²) in [7, 11) is -3.92. The van der Waals surface area contributed by atoms with Crippen molar-refractivity contribution in [2.24, 2.45) is 5.92 Å². The highest BCUT2D eigenvalue weighted by Crippen LogP contribution is 2.54. The van der Waals surface area contributed by atoms with Crippen molar-refractivity contribution >= 4 is 21.4 Å². The zero-order chi connectivity index (χ0) is 18.2. The third kappa shape index (κ3) is 1.95. The molecule has 0 saturated carbocycles. The van der Waals surface area contributed by atoms with Crippen molar-refractivity contribution in [3.05, 3.63) is 47.3 Å². The molecule has 1 aromatic rings. The molecule has 2 saturated heterocycles. The van der Waals surface area contributed by atoms with Gasteiger partial charge in [0.1, 0.15) is 4.75 Å². The van der Waals surface area contributed by atoms with Gasteiger partial charge in [-0.1, -0.05) is 18.2 Å². The Balaban J connectivity index is 1.82. The Bertz CT molecular complexity index is 935. The van der Waals surface area contributed by atoms with Gasteiger partial charge in [-0.3, -0.25) is 4.31 Å². The molecule has 2 fully saturated rings. The second-order valence-electron chi connectivity index (χ2n) is 6.54. The maximum absolute atomic E-state index is 13.2. The first kappa shape index (κ1) is 16.4. The second-order valence-corrected chi connectivity index (χ2v) is 8.81. The lowest BCUT2D eigenvalue weighted by atomic mass is 9.83. The number of fused-ring (bicyclic) bond motifs is 5. The van der Waals surface area contributed by atoms with E-state index in [-0.39, 0.29) is 24.3 Å². The standard InChI is InChI=1S/C16H13F3N2O3S/c1-15-11(13-5-6-14(15)24-13)8-21(25(15,22)23)9-3-4-12(20-2)10(7-9)16(17,18)19/h3-7,11,13-14H,8H2,1H3/t11-,13-,14+,15-/m1/s1. The molecule has 0 amide bonds. The fourth-order valence-corrected chi connectivity index (χ4v) is 6.19. The first-order valence-corrected chi connectivity index (χ1v) is 8.99. The molecule has 0 unspecified atom stereocenters. The van der Waals surface area contributed by atoms with Crippen LogP contribution in [0, 0.1) is 12.5 Å². The molecule has 25 heavy (non-hydrogen) atoms. The van der Waals surface area contributed by atoms with E-state index in [9.17, 15) is 21.6 Å². The van der Waals surface area contributed by atoms with Crippen LogP contribution in [0.15, 0.2) is 30.4 Å². The molecule has 4 atom stereocenters. The van der Waals surface area contributed by atoms with Crippen molar-refractivity contribution in [2.75, 3.05) is 10.8 Å². The minimum Gasteiger partial charge on any atom is -0.365 e. The molecule has 0 spiro atoms. The average Bonchev–Trinajstić information content (AvgIpc) is 3.17. The zero-order valence-corrected chi connectivity index (χ0v) is 13.8. The van der Waals surface area contributed by atoms with E-state index < -0.39 is 38.3 Å². The number of ether oxygens (including phenoxy) is 1. The molecule has 0 aliphatic carbocycles. The lowest BCUT2D eigenvalue weighted by molar-refractivity contribution is -0.136. The van der Waals surface area contributed by atoms with Crippen molar-refractivity contribution in [2.45, 2.75) is 30.1 Å². The Morgan fingerprint density at radius 2 is 2.08 bits per heavy atom. The first-order chi connectivity index (χ1) is 11.6. The van der Waals surface area contributed by atoms with Crippen LogP contribution < -0.4 is 4.31 Å². The summed E-state index contributed by atoms with van der Waals surface area (Å²) in [5.41, 5.74) is -1.76. The van der Waals surface area contributed by atoms with Crippen molar-refractivity contribution < 1.29 is 26.3 Å². The Morgan fingerprint density at radius 3 is 2.68 bits per heavy atom. The molecular formula is C16H13F3N2O3S. The van der Waals surface area contributed by atoms with Gasteiger partial charge in [0, 0.05) is 18.2 Å². The second kappa shape index (κ2) is 4.77. The van der Waals surface area contributed by atoms with Crippen molar-refractivity contribution in [1.29, 1.82) is 0 Å². The summed E-state index contributed by atoms with van der Waals surface area (Å²) in [4.78, 5) is 2.88. The third-order valence-corrected chi connectivity index (χ3v) is 7.97. The minimum absolute atomic E-state index is 0.0546. The van der Waals surface area contributed by atoms with E-state index >= 15 is 0 Å². The number of alkyl halides is 3. The van der Waals surface area contributed by atoms with Crippen molar-refractivity contribution in [3.8, 4) is 0 Å². The number of halogens is 3. The molecule has 2 bridgehead atoms. The normalized spacial score (nSPS) is 35.0. The summed E-state index contributed by atoms with van der Waals surface area (Å²) in [6.07, 6.45) is -2.17. The lowest BCUT2D eigenvalue weighted by Gasteiger charge is -2.28. The van der Waals surface area contributed by atoms with Gasteiger partial charge in [0.05, 0.1) is 24.3 Å². The maximum Gasteiger partial charge on any atom is 0.407 e. The summed E-state index contributed by atoms with van der Waals surface area (Å²) < 4.78 is 71.2. The fourth-order valence-electron chi connectivity index (χ4n) is 3.95. The number of rotatable bonds is 1. The van der Waals surface area contributed by atoms with Gasteiger partial charge in [-0.15, -0.1) is 0 Å². The molecule has 3 aliphatic rings. The Labute approximate surface area is 142 Å². The lowest BCUT2D eigenvalue weighted by Crippen LogP contribution is -2.46. The summed E-state index contributed by atoms with van der Waals surface area (Å²) in [6, 6.07) is 3.01. The largest absolute Gasteiger partial charge is 0.407 e. The van der Waals surface area contributed by atoms with Crippen LogP contribution in [0.1, 0.15) is 12.5 Å². The van der Waals surface area contributed by atoms with Crippen LogP contribution in [0.5, 0.6) is 0 Å². The summed E-state index contributed by atoms with van der Waals surface area (Å²) in [5.74, 6) is -0.345. The van der Waals surface area contributed by atoms with Crippen LogP contribution in [0.25, 0.3) is 4.85 Å². The Hall–Kier alpha value is -2.05. The van der Waals surface area contributed by atoms with E-state index in [1.165, 1.54) is 6.07 Å². The Morgan fingerprint density at radius 1 is 1.36 bits per heavy atom. The summed E-state index contributed by atoms with van der Waals surface area (Å²) in [6.45, 7) is 8.52. The van der Waals surface area contributed by atoms with E-state index in [2.05, 4.69) is 4.85 Å². The number of hydrogen-bond donors (Lipinski definition) is 0. The molecule has 1 aromatic carbocycles. The number of benzene rings is 1. The molecule has 0 aromatic heterocycles. The van der Waals surface area contributed by atoms with Gasteiger partial charge in [-0.25, -0.2) is 13.3 Å². The Kier molecular flexibility index (Phi) is 3.13. The van der Waals surface area contributed by atoms with Crippen LogP contribution >= 0.6 is 0 Å². The molecule has 3 heterocycles. The van der Waals surface area contributed by atoms with Gasteiger partial charge in [-0.2, -0.15) is 13.2 Å². The van der Waals surface area contributed by atoms with E-state index in [4.69, 9.17) is 11.3 Å². The quantitative estimate of drug-likeness (QED) is 0.564. The molecule has 5 nitrogen and oxygen atoms in total. The maximum atomic E-state index is 13.2. The van der Waals surface area contributed by atoms with Crippen LogP contribution in [0.2, 0.25) is 0 Å². The van der Waals surface area contributed by atoms with Gasteiger partial charge < -0.3 is 4.74 Å². The van der Waals surface area contributed by atoms with E-state index in [1.54, 1.807) is 19.1 Å². The van der Waals surface area contributed by atoms with Gasteiger partial charge in [0.25, 0.3) is 0 Å². The number of nitrogens with zero attached hydrogens (tertiary/aromatic N) is 2. The first-order valence-electron chi connectivity index (χ1n) is 7.55. The molecule has 0 radical (unpaired) electrons. The highest BCUT2D eigenvalue weighted by atomic mass is 32.2. The molecule has 9 heteroatoms. The van der Waals surface area contributed by atoms with E-state index in [1.807, 2.05) is 0 Å². The topological polar surface area (TPSA) is 51.0 Å². The smallest absolute Gasteiger partial charge is 0.365 e. The molecule has 132 valence electrons. The minimum atomic E-state index is -4.73. The zero-order valence-electron chi connectivity index (χ0n) is 13.0. The van der Waals surface area contributed by atoms with Crippen molar-refractivity contribution in [1.82, 2.24) is 0 Å². The molecule has 0 N–H and O–H groups in total. The predicted molar refractivity (Wildman–Crippen MR) is 83.7 cm³/mol. The summed E-state index contributed by atoms with van der Waals surface area (Å²) in [5, 5.41) is 0. The molecular weight excluding hydrogens is 357 g/mol. The highest BCUT2D eigenvalue weighted by Gasteiger charge is 2.68. The van der Waals surface area contributed by atoms with Crippen molar-refractivity contribution in [3.63, 3.8) is 0 Å². The van der Waals surface area contributed by atoms with Crippen LogP contribution in [0.3, 0.4) is 0 Å². The van der Waals surface area contributed by atoms with Crippen LogP contribution in [-0.2, 0) is 20.9 Å². The van der Waals surface area contributed by atoms with Gasteiger partial charge in [0.2, 0.25) is 10.0 Å². The van der Waals surface area contributed by atoms with Gasteiger partial charge in [0.15, 0.2) is 5.69 Å². The molecule has 4 rings (SSSR count). The number of anilines is 1. The van der Waals surface area contributed by atoms with Crippen LogP contribution in [-0.4, -0.2) is 31.9 Å². The molecule has 3 aliphatic heterocycles. The monoisotopic (exact) mass is 370 g/mol. The van der Waals surface area contributed by atoms with Gasteiger partial charge >= 0.3 is 6.18 Å². The number of sulfonamides is 1. The third-order valence-electron chi connectivity index (χ3n) is 5.38. The van der Waals surface area contributed by atoms with E-state index in [0.29, 0.717) is 0 Å². The highest BCUT2D eigenvalue weighted by molar-refractivity contribution is 7.94. The average molecular weight is 370 g/mol. The predicted octanol–water partition coefficient (Wildman–Crippen LogP) is 3.12.